The van der Waals surface area contributed by atoms with Gasteiger partial charge in [0.25, 0.3) is 0 Å². The standard InChI is InChI=1S/C22H22F3NO5/c1-29-8-9-30-20(21(27)28)12-17-10-15-11-18(6-7-19(15)26-17)31-13-14-2-4-16(5-3-14)22(23,24)25/h2-7,10-11,20,26H,8-9,12-13H2,1H3,(H,27,28). The van der Waals surface area contributed by atoms with Crippen LogP contribution in [0.1, 0.15) is 16.8 Å². The number of aromatic amines is 1. The third-order valence-electron chi connectivity index (χ3n) is 4.62. The van der Waals surface area contributed by atoms with Gasteiger partial charge in [-0.2, -0.15) is 13.2 Å². The molecule has 1 atom stereocenters. The van der Waals surface area contributed by atoms with Crippen LogP contribution in [0.2, 0.25) is 0 Å². The normalized spacial score (nSPS) is 12.8. The number of benzene rings is 2. The number of aliphatic carboxylic acids is 1. The Kier molecular flexibility index (Phi) is 7.19. The van der Waals surface area contributed by atoms with E-state index in [4.69, 9.17) is 14.2 Å². The molecule has 0 saturated carbocycles. The second-order valence-electron chi connectivity index (χ2n) is 6.92. The first-order valence-electron chi connectivity index (χ1n) is 9.50. The van der Waals surface area contributed by atoms with Crippen LogP contribution in [0.25, 0.3) is 10.9 Å². The number of halogens is 3. The third-order valence-corrected chi connectivity index (χ3v) is 4.62. The van der Waals surface area contributed by atoms with Crippen molar-refractivity contribution in [2.24, 2.45) is 0 Å². The summed E-state index contributed by atoms with van der Waals surface area (Å²) in [6, 6.07) is 11.9. The van der Waals surface area contributed by atoms with Crippen LogP contribution in [-0.4, -0.2) is 42.5 Å². The first-order valence-corrected chi connectivity index (χ1v) is 9.50. The number of ether oxygens (including phenoxy) is 3. The SMILES string of the molecule is COCCOC(Cc1cc2cc(OCc3ccc(C(F)(F)F)cc3)ccc2[nH]1)C(=O)O. The van der Waals surface area contributed by atoms with Crippen molar-refractivity contribution < 1.29 is 37.3 Å². The number of rotatable bonds is 10. The van der Waals surface area contributed by atoms with E-state index in [1.54, 1.807) is 18.2 Å². The van der Waals surface area contributed by atoms with Gasteiger partial charge in [-0.05, 0) is 42.0 Å². The number of aromatic nitrogens is 1. The summed E-state index contributed by atoms with van der Waals surface area (Å²) in [6.45, 7) is 0.598. The monoisotopic (exact) mass is 437 g/mol. The van der Waals surface area contributed by atoms with Crippen molar-refractivity contribution in [3.05, 3.63) is 65.4 Å². The number of carboxylic acids is 1. The Labute approximate surface area is 176 Å². The number of H-pyrrole nitrogens is 1. The second-order valence-corrected chi connectivity index (χ2v) is 6.92. The van der Waals surface area contributed by atoms with Crippen molar-refractivity contribution in [2.45, 2.75) is 25.3 Å². The predicted molar refractivity (Wildman–Crippen MR) is 107 cm³/mol. The molecule has 0 aliphatic rings. The highest BCUT2D eigenvalue weighted by molar-refractivity contribution is 5.82. The largest absolute Gasteiger partial charge is 0.489 e. The summed E-state index contributed by atoms with van der Waals surface area (Å²) in [7, 11) is 1.51. The molecule has 0 spiro atoms. The molecule has 9 heteroatoms. The van der Waals surface area contributed by atoms with Crippen molar-refractivity contribution in [1.82, 2.24) is 4.98 Å². The summed E-state index contributed by atoms with van der Waals surface area (Å²) in [5.41, 5.74) is 1.40. The van der Waals surface area contributed by atoms with E-state index in [-0.39, 0.29) is 19.6 Å². The van der Waals surface area contributed by atoms with Gasteiger partial charge >= 0.3 is 12.1 Å². The molecule has 1 heterocycles. The molecule has 0 aliphatic heterocycles. The van der Waals surface area contributed by atoms with Gasteiger partial charge in [0.1, 0.15) is 12.4 Å². The van der Waals surface area contributed by atoms with Gasteiger partial charge in [-0.25, -0.2) is 4.79 Å². The lowest BCUT2D eigenvalue weighted by atomic mass is 10.1. The Morgan fingerprint density at radius 1 is 1.10 bits per heavy atom. The van der Waals surface area contributed by atoms with Crippen LogP contribution in [-0.2, 0) is 33.5 Å². The molecule has 6 nitrogen and oxygen atoms in total. The number of carbonyl (C=O) groups is 1. The van der Waals surface area contributed by atoms with E-state index in [2.05, 4.69) is 4.98 Å². The van der Waals surface area contributed by atoms with E-state index < -0.39 is 23.8 Å². The zero-order valence-electron chi connectivity index (χ0n) is 16.7. The molecule has 0 radical (unpaired) electrons. The summed E-state index contributed by atoms with van der Waals surface area (Å²) in [4.78, 5) is 14.6. The molecule has 3 rings (SSSR count). The van der Waals surface area contributed by atoms with Crippen LogP contribution in [0.15, 0.2) is 48.5 Å². The van der Waals surface area contributed by atoms with Gasteiger partial charge in [-0.3, -0.25) is 0 Å². The minimum absolute atomic E-state index is 0.120. The Balaban J connectivity index is 1.64. The molecule has 1 aromatic heterocycles. The Morgan fingerprint density at radius 2 is 1.84 bits per heavy atom. The molecule has 166 valence electrons. The lowest BCUT2D eigenvalue weighted by Gasteiger charge is -2.12. The molecular weight excluding hydrogens is 415 g/mol. The molecule has 0 aliphatic carbocycles. The number of alkyl halides is 3. The van der Waals surface area contributed by atoms with E-state index >= 15 is 0 Å². The maximum atomic E-state index is 12.6. The summed E-state index contributed by atoms with van der Waals surface area (Å²) in [5.74, 6) is -0.514. The van der Waals surface area contributed by atoms with E-state index in [9.17, 15) is 23.1 Å². The average molecular weight is 437 g/mol. The smallest absolute Gasteiger partial charge is 0.416 e. The molecule has 0 saturated heterocycles. The minimum atomic E-state index is -4.37. The van der Waals surface area contributed by atoms with Crippen molar-refractivity contribution in [3.8, 4) is 5.75 Å². The molecule has 1 unspecified atom stereocenters. The molecule has 31 heavy (non-hydrogen) atoms. The van der Waals surface area contributed by atoms with Gasteiger partial charge in [0.2, 0.25) is 0 Å². The highest BCUT2D eigenvalue weighted by atomic mass is 19.4. The maximum absolute atomic E-state index is 12.6. The van der Waals surface area contributed by atoms with Gasteiger partial charge in [0.15, 0.2) is 6.10 Å². The zero-order valence-corrected chi connectivity index (χ0v) is 16.7. The first-order chi connectivity index (χ1) is 14.8. The van der Waals surface area contributed by atoms with E-state index in [0.717, 1.165) is 23.0 Å². The molecule has 2 aromatic carbocycles. The highest BCUT2D eigenvalue weighted by Gasteiger charge is 2.29. The van der Waals surface area contributed by atoms with Crippen LogP contribution in [0.4, 0.5) is 13.2 Å². The lowest BCUT2D eigenvalue weighted by molar-refractivity contribution is -0.151. The van der Waals surface area contributed by atoms with Crippen molar-refractivity contribution in [1.29, 1.82) is 0 Å². The van der Waals surface area contributed by atoms with Gasteiger partial charge in [0, 0.05) is 30.1 Å². The van der Waals surface area contributed by atoms with Crippen LogP contribution in [0, 0.1) is 0 Å². The van der Waals surface area contributed by atoms with Crippen LogP contribution in [0.3, 0.4) is 0 Å². The van der Waals surface area contributed by atoms with Crippen molar-refractivity contribution in [2.75, 3.05) is 20.3 Å². The van der Waals surface area contributed by atoms with Gasteiger partial charge in [-0.1, -0.05) is 12.1 Å². The first kappa shape index (κ1) is 22.6. The van der Waals surface area contributed by atoms with Crippen molar-refractivity contribution >= 4 is 16.9 Å². The average Bonchev–Trinajstić information content (AvgIpc) is 3.13. The molecular formula is C22H22F3NO5. The number of hydrogen-bond donors (Lipinski definition) is 2. The van der Waals surface area contributed by atoms with Gasteiger partial charge in [-0.15, -0.1) is 0 Å². The molecule has 3 aromatic rings. The molecule has 0 bridgehead atoms. The summed E-state index contributed by atoms with van der Waals surface area (Å²) in [6.07, 6.45) is -5.21. The fourth-order valence-electron chi connectivity index (χ4n) is 3.02. The number of nitrogens with one attached hydrogen (secondary N) is 1. The molecule has 0 fully saturated rings. The fraction of sp³-hybridized carbons (Fsp3) is 0.318. The van der Waals surface area contributed by atoms with E-state index in [1.807, 2.05) is 6.07 Å². The Morgan fingerprint density at radius 3 is 2.48 bits per heavy atom. The number of fused-ring (bicyclic) bond motifs is 1. The predicted octanol–water partition coefficient (Wildman–Crippen LogP) is 4.42. The summed E-state index contributed by atoms with van der Waals surface area (Å²) >= 11 is 0. The molecule has 0 amide bonds. The highest BCUT2D eigenvalue weighted by Crippen LogP contribution is 2.29. The summed E-state index contributed by atoms with van der Waals surface area (Å²) < 4.78 is 53.8. The van der Waals surface area contributed by atoms with Gasteiger partial charge in [0.05, 0.1) is 18.8 Å². The topological polar surface area (TPSA) is 80.8 Å². The molecule has 2 N–H and O–H groups in total. The third kappa shape index (κ3) is 6.22. The van der Waals surface area contributed by atoms with Crippen LogP contribution in [0.5, 0.6) is 5.75 Å². The second kappa shape index (κ2) is 9.84. The number of methoxy groups -OCH3 is 1. The van der Waals surface area contributed by atoms with Gasteiger partial charge < -0.3 is 24.3 Å². The number of hydrogen-bond acceptors (Lipinski definition) is 4. The fourth-order valence-corrected chi connectivity index (χ4v) is 3.02. The lowest BCUT2D eigenvalue weighted by Crippen LogP contribution is -2.27. The number of carboxylic acid groups (broad SMARTS) is 1. The zero-order chi connectivity index (χ0) is 22.4. The van der Waals surface area contributed by atoms with Crippen molar-refractivity contribution in [3.63, 3.8) is 0 Å². The van der Waals surface area contributed by atoms with Crippen LogP contribution >= 0.6 is 0 Å². The van der Waals surface area contributed by atoms with Crippen LogP contribution < -0.4 is 4.74 Å². The van der Waals surface area contributed by atoms with E-state index in [0.29, 0.717) is 23.6 Å². The minimum Gasteiger partial charge on any atom is -0.489 e. The quantitative estimate of drug-likeness (QED) is 0.459. The maximum Gasteiger partial charge on any atom is 0.416 e. The Bertz CT molecular complexity index is 1010. The van der Waals surface area contributed by atoms with E-state index in [1.165, 1.54) is 19.2 Å². The summed E-state index contributed by atoms with van der Waals surface area (Å²) in [5, 5.41) is 10.2. The Hall–Kier alpha value is -3.04.